The molecule has 162 valence electrons. The molecule has 2 aromatic rings. The number of benzene rings is 2. The monoisotopic (exact) mass is 421 g/mol. The predicted octanol–water partition coefficient (Wildman–Crippen LogP) is 4.91. The molecule has 0 fully saturated rings. The lowest BCUT2D eigenvalue weighted by atomic mass is 9.98. The summed E-state index contributed by atoms with van der Waals surface area (Å²) in [6.07, 6.45) is -1.08. The summed E-state index contributed by atoms with van der Waals surface area (Å²) < 4.78 is 39.4. The topological polar surface area (TPSA) is 73.9 Å². The van der Waals surface area contributed by atoms with Crippen LogP contribution in [0.1, 0.15) is 48.2 Å². The van der Waals surface area contributed by atoms with Crippen LogP contribution in [0.2, 0.25) is 0 Å². The second-order valence-electron chi connectivity index (χ2n) is 6.97. The fourth-order valence-electron chi connectivity index (χ4n) is 2.84. The number of ether oxygens (including phenoxy) is 3. The molecule has 0 unspecified atom stereocenters. The van der Waals surface area contributed by atoms with Gasteiger partial charge in [-0.2, -0.15) is 8.78 Å². The summed E-state index contributed by atoms with van der Waals surface area (Å²) in [6.45, 7) is 4.34. The summed E-state index contributed by atoms with van der Waals surface area (Å²) in [4.78, 5) is 25.0. The Balaban J connectivity index is 2.12. The number of hydrogen-bond acceptors (Lipinski definition) is 5. The lowest BCUT2D eigenvalue weighted by Gasteiger charge is -2.19. The number of carbonyl (C=O) groups excluding carboxylic acids is 2. The van der Waals surface area contributed by atoms with E-state index >= 15 is 0 Å². The summed E-state index contributed by atoms with van der Waals surface area (Å²) in [7, 11) is 1.26. The van der Waals surface area contributed by atoms with Crippen molar-refractivity contribution in [3.8, 4) is 11.5 Å². The van der Waals surface area contributed by atoms with Crippen LogP contribution in [0.15, 0.2) is 36.4 Å². The van der Waals surface area contributed by atoms with Crippen molar-refractivity contribution in [2.24, 2.45) is 0 Å². The van der Waals surface area contributed by atoms with E-state index in [1.807, 2.05) is 39.0 Å². The summed E-state index contributed by atoms with van der Waals surface area (Å²) >= 11 is 0. The SMILES string of the molecule is COc1cc(C(=O)O[C@H](C)C(=O)Nc2c(C)cccc2C(C)C)ccc1OC(F)F. The summed E-state index contributed by atoms with van der Waals surface area (Å²) in [5, 5.41) is 2.83. The maximum atomic E-state index is 12.6. The summed E-state index contributed by atoms with van der Waals surface area (Å²) in [5.74, 6) is -1.35. The molecule has 1 N–H and O–H groups in total. The second-order valence-corrected chi connectivity index (χ2v) is 6.97. The molecule has 0 radical (unpaired) electrons. The molecule has 0 heterocycles. The summed E-state index contributed by atoms with van der Waals surface area (Å²) in [5.41, 5.74) is 2.59. The number of carbonyl (C=O) groups is 2. The van der Waals surface area contributed by atoms with Crippen molar-refractivity contribution >= 4 is 17.6 Å². The first kappa shape index (κ1) is 23.1. The number of anilines is 1. The molecule has 0 aliphatic rings. The molecule has 0 saturated heterocycles. The van der Waals surface area contributed by atoms with Gasteiger partial charge in [-0.15, -0.1) is 0 Å². The van der Waals surface area contributed by atoms with Gasteiger partial charge in [0, 0.05) is 5.69 Å². The molecule has 30 heavy (non-hydrogen) atoms. The van der Waals surface area contributed by atoms with E-state index in [9.17, 15) is 18.4 Å². The third kappa shape index (κ3) is 5.68. The van der Waals surface area contributed by atoms with Gasteiger partial charge in [0.25, 0.3) is 5.91 Å². The van der Waals surface area contributed by atoms with Crippen LogP contribution in [0.25, 0.3) is 0 Å². The Morgan fingerprint density at radius 2 is 1.73 bits per heavy atom. The van der Waals surface area contributed by atoms with Crippen molar-refractivity contribution in [2.45, 2.75) is 46.3 Å². The van der Waals surface area contributed by atoms with Crippen LogP contribution in [0, 0.1) is 6.92 Å². The Labute approximate surface area is 174 Å². The van der Waals surface area contributed by atoms with Crippen LogP contribution in [0.4, 0.5) is 14.5 Å². The number of methoxy groups -OCH3 is 1. The molecule has 0 spiro atoms. The van der Waals surface area contributed by atoms with Crippen LogP contribution < -0.4 is 14.8 Å². The van der Waals surface area contributed by atoms with E-state index in [0.29, 0.717) is 5.69 Å². The molecular weight excluding hydrogens is 396 g/mol. The van der Waals surface area contributed by atoms with Gasteiger partial charge in [0.2, 0.25) is 0 Å². The average Bonchev–Trinajstić information content (AvgIpc) is 2.68. The third-order valence-corrected chi connectivity index (χ3v) is 4.44. The lowest BCUT2D eigenvalue weighted by molar-refractivity contribution is -0.123. The second kappa shape index (κ2) is 10.0. The third-order valence-electron chi connectivity index (χ3n) is 4.44. The van der Waals surface area contributed by atoms with Crippen molar-refractivity contribution in [3.05, 3.63) is 53.1 Å². The predicted molar refractivity (Wildman–Crippen MR) is 108 cm³/mol. The van der Waals surface area contributed by atoms with Crippen LogP contribution in [0.3, 0.4) is 0 Å². The molecule has 0 bridgehead atoms. The van der Waals surface area contributed by atoms with Gasteiger partial charge in [-0.25, -0.2) is 4.79 Å². The summed E-state index contributed by atoms with van der Waals surface area (Å²) in [6, 6.07) is 9.37. The van der Waals surface area contributed by atoms with Gasteiger partial charge in [-0.1, -0.05) is 32.0 Å². The standard InChI is InChI=1S/C22H25F2NO5/c1-12(2)16-8-6-7-13(3)19(16)25-20(26)14(4)29-21(27)15-9-10-17(30-22(23)24)18(11-15)28-5/h6-12,14,22H,1-5H3,(H,25,26)/t14-/m1/s1. The van der Waals surface area contributed by atoms with Crippen molar-refractivity contribution in [1.29, 1.82) is 0 Å². The van der Waals surface area contributed by atoms with Crippen LogP contribution in [-0.4, -0.2) is 31.7 Å². The largest absolute Gasteiger partial charge is 0.493 e. The maximum absolute atomic E-state index is 12.6. The first-order valence-corrected chi connectivity index (χ1v) is 9.38. The number of nitrogens with one attached hydrogen (secondary N) is 1. The van der Waals surface area contributed by atoms with Gasteiger partial charge in [-0.3, -0.25) is 4.79 Å². The quantitative estimate of drug-likeness (QED) is 0.613. The molecule has 0 aliphatic heterocycles. The van der Waals surface area contributed by atoms with Gasteiger partial charge in [0.15, 0.2) is 17.6 Å². The minimum Gasteiger partial charge on any atom is -0.493 e. The van der Waals surface area contributed by atoms with Crippen LogP contribution in [0.5, 0.6) is 11.5 Å². The van der Waals surface area contributed by atoms with E-state index in [1.54, 1.807) is 0 Å². The van der Waals surface area contributed by atoms with Gasteiger partial charge in [0.05, 0.1) is 12.7 Å². The molecule has 0 aliphatic carbocycles. The van der Waals surface area contributed by atoms with Gasteiger partial charge >= 0.3 is 12.6 Å². The van der Waals surface area contributed by atoms with E-state index in [-0.39, 0.29) is 23.0 Å². The molecule has 1 atom stereocenters. The molecule has 2 rings (SSSR count). The Morgan fingerprint density at radius 3 is 2.33 bits per heavy atom. The lowest BCUT2D eigenvalue weighted by Crippen LogP contribution is -2.30. The van der Waals surface area contributed by atoms with Crippen molar-refractivity contribution in [2.75, 3.05) is 12.4 Å². The van der Waals surface area contributed by atoms with E-state index < -0.39 is 24.6 Å². The fourth-order valence-corrected chi connectivity index (χ4v) is 2.84. The number of esters is 1. The number of para-hydroxylation sites is 1. The minimum absolute atomic E-state index is 0.0341. The Bertz CT molecular complexity index is 914. The fraction of sp³-hybridized carbons (Fsp3) is 0.364. The van der Waals surface area contributed by atoms with Gasteiger partial charge in [0.1, 0.15) is 0 Å². The first-order valence-electron chi connectivity index (χ1n) is 9.38. The number of alkyl halides is 2. The molecule has 2 aromatic carbocycles. The van der Waals surface area contributed by atoms with Crippen molar-refractivity contribution < 1.29 is 32.6 Å². The molecular formula is C22H25F2NO5. The van der Waals surface area contributed by atoms with E-state index in [1.165, 1.54) is 32.2 Å². The maximum Gasteiger partial charge on any atom is 0.387 e. The first-order chi connectivity index (χ1) is 14.1. The van der Waals surface area contributed by atoms with E-state index in [2.05, 4.69) is 10.1 Å². The highest BCUT2D eigenvalue weighted by Crippen LogP contribution is 2.30. The highest BCUT2D eigenvalue weighted by molar-refractivity contribution is 5.98. The molecule has 0 aromatic heterocycles. The zero-order valence-corrected chi connectivity index (χ0v) is 17.5. The van der Waals surface area contributed by atoms with Gasteiger partial charge < -0.3 is 19.5 Å². The van der Waals surface area contributed by atoms with Gasteiger partial charge in [-0.05, 0) is 49.1 Å². The number of amides is 1. The van der Waals surface area contributed by atoms with Crippen molar-refractivity contribution in [3.63, 3.8) is 0 Å². The number of hydrogen-bond donors (Lipinski definition) is 1. The molecule has 8 heteroatoms. The van der Waals surface area contributed by atoms with E-state index in [4.69, 9.17) is 9.47 Å². The average molecular weight is 421 g/mol. The number of aryl methyl sites for hydroxylation is 1. The number of rotatable bonds is 8. The highest BCUT2D eigenvalue weighted by atomic mass is 19.3. The van der Waals surface area contributed by atoms with Crippen LogP contribution >= 0.6 is 0 Å². The molecule has 0 saturated carbocycles. The minimum atomic E-state index is -3.03. The normalized spacial score (nSPS) is 11.9. The molecule has 1 amide bonds. The highest BCUT2D eigenvalue weighted by Gasteiger charge is 2.22. The zero-order valence-electron chi connectivity index (χ0n) is 17.5. The Hall–Kier alpha value is -3.16. The smallest absolute Gasteiger partial charge is 0.387 e. The molecule has 6 nitrogen and oxygen atoms in total. The van der Waals surface area contributed by atoms with Crippen LogP contribution in [-0.2, 0) is 9.53 Å². The van der Waals surface area contributed by atoms with Crippen molar-refractivity contribution in [1.82, 2.24) is 0 Å². The number of halogens is 2. The zero-order chi connectivity index (χ0) is 22.4. The Kier molecular flexibility index (Phi) is 7.74. The van der Waals surface area contributed by atoms with E-state index in [0.717, 1.165) is 11.1 Å². The Morgan fingerprint density at radius 1 is 1.03 bits per heavy atom.